The number of imide groups is 1. The Hall–Kier alpha value is -1.12. The number of amides is 2. The molecule has 0 N–H and O–H groups in total. The van der Waals surface area contributed by atoms with Crippen LogP contribution in [-0.4, -0.2) is 11.8 Å². The van der Waals surface area contributed by atoms with Gasteiger partial charge in [-0.05, 0) is 6.42 Å². The molecule has 9 heavy (non-hydrogen) atoms. The van der Waals surface area contributed by atoms with Gasteiger partial charge in [-0.25, -0.2) is 0 Å². The fourth-order valence-electron chi connectivity index (χ4n) is 0.668. The fraction of sp³-hybridized carbons (Fsp3) is 0.333. The van der Waals surface area contributed by atoms with E-state index in [0.29, 0.717) is 12.0 Å². The van der Waals surface area contributed by atoms with Crippen LogP contribution in [0.3, 0.4) is 0 Å². The van der Waals surface area contributed by atoms with Crippen LogP contribution in [0, 0.1) is 0 Å². The van der Waals surface area contributed by atoms with E-state index in [0.717, 1.165) is 0 Å². The maximum Gasteiger partial charge on any atom is 0.276 e. The van der Waals surface area contributed by atoms with Crippen LogP contribution in [0.25, 0.3) is 0 Å². The van der Waals surface area contributed by atoms with Gasteiger partial charge in [0, 0.05) is 11.6 Å². The van der Waals surface area contributed by atoms with Crippen LogP contribution in [0.1, 0.15) is 13.3 Å². The van der Waals surface area contributed by atoms with Crippen molar-refractivity contribution >= 4 is 11.8 Å². The zero-order chi connectivity index (χ0) is 6.85. The number of carbonyl (C=O) groups excluding carboxylic acids is 2. The monoisotopic (exact) mass is 124 g/mol. The van der Waals surface area contributed by atoms with Gasteiger partial charge in [-0.2, -0.15) is 5.32 Å². The first-order chi connectivity index (χ1) is 4.24. The molecule has 0 saturated heterocycles. The predicted molar refractivity (Wildman–Crippen MR) is 30.5 cm³/mol. The third kappa shape index (κ3) is 0.988. The predicted octanol–water partition coefficient (Wildman–Crippen LogP) is -0.00600. The third-order valence-corrected chi connectivity index (χ3v) is 1.17. The van der Waals surface area contributed by atoms with Crippen molar-refractivity contribution in [2.24, 2.45) is 0 Å². The van der Waals surface area contributed by atoms with Crippen LogP contribution in [0.2, 0.25) is 0 Å². The molecule has 0 unspecified atom stereocenters. The van der Waals surface area contributed by atoms with Crippen molar-refractivity contribution in [3.63, 3.8) is 0 Å². The van der Waals surface area contributed by atoms with Crippen molar-refractivity contribution < 1.29 is 9.59 Å². The Morgan fingerprint density at radius 3 is 2.44 bits per heavy atom. The second-order valence-electron chi connectivity index (χ2n) is 1.78. The lowest BCUT2D eigenvalue weighted by Gasteiger charge is -1.86. The molecule has 47 valence electrons. The lowest BCUT2D eigenvalue weighted by molar-refractivity contribution is -0.124. The summed E-state index contributed by atoms with van der Waals surface area (Å²) in [5.74, 6) is -0.792. The number of nitrogens with zero attached hydrogens (tertiary/aromatic N) is 1. The smallest absolute Gasteiger partial charge is 0.267 e. The van der Waals surface area contributed by atoms with Crippen LogP contribution in [0.4, 0.5) is 0 Å². The van der Waals surface area contributed by atoms with E-state index in [-0.39, 0.29) is 5.91 Å². The quantitative estimate of drug-likeness (QED) is 0.462. The number of carbonyl (C=O) groups is 2. The first-order valence-electron chi connectivity index (χ1n) is 2.74. The van der Waals surface area contributed by atoms with Gasteiger partial charge < -0.3 is 0 Å². The van der Waals surface area contributed by atoms with Gasteiger partial charge in [-0.1, -0.05) is 6.92 Å². The molecule has 1 radical (unpaired) electrons. The van der Waals surface area contributed by atoms with Gasteiger partial charge in [0.05, 0.1) is 0 Å². The van der Waals surface area contributed by atoms with Gasteiger partial charge in [-0.15, -0.1) is 0 Å². The standard InChI is InChI=1S/C6H6NO2/c1-2-4-3-5(8)7-6(4)9/h3H,2H2,1H3. The minimum atomic E-state index is -0.420. The molecule has 1 aliphatic rings. The molecule has 0 aromatic heterocycles. The van der Waals surface area contributed by atoms with E-state index in [9.17, 15) is 9.59 Å². The largest absolute Gasteiger partial charge is 0.276 e. The fourth-order valence-corrected chi connectivity index (χ4v) is 0.668. The van der Waals surface area contributed by atoms with Gasteiger partial charge >= 0.3 is 0 Å². The first kappa shape index (κ1) is 6.01. The summed E-state index contributed by atoms with van der Waals surface area (Å²) < 4.78 is 0. The second kappa shape index (κ2) is 2.01. The van der Waals surface area contributed by atoms with E-state index < -0.39 is 5.91 Å². The normalized spacial score (nSPS) is 17.7. The van der Waals surface area contributed by atoms with Crippen molar-refractivity contribution in [2.45, 2.75) is 13.3 Å². The average molecular weight is 124 g/mol. The van der Waals surface area contributed by atoms with Crippen LogP contribution >= 0.6 is 0 Å². The van der Waals surface area contributed by atoms with Crippen molar-refractivity contribution in [3.8, 4) is 0 Å². The zero-order valence-corrected chi connectivity index (χ0v) is 5.05. The molecule has 0 spiro atoms. The maximum absolute atomic E-state index is 10.6. The van der Waals surface area contributed by atoms with E-state index in [1.807, 2.05) is 6.92 Å². The highest BCUT2D eigenvalue weighted by atomic mass is 16.2. The highest BCUT2D eigenvalue weighted by molar-refractivity contribution is 6.15. The molecule has 1 rings (SSSR count). The van der Waals surface area contributed by atoms with Crippen molar-refractivity contribution in [2.75, 3.05) is 0 Å². The topological polar surface area (TPSA) is 48.2 Å². The van der Waals surface area contributed by atoms with Gasteiger partial charge in [0.25, 0.3) is 11.8 Å². The van der Waals surface area contributed by atoms with Crippen molar-refractivity contribution in [3.05, 3.63) is 11.6 Å². The Balaban J connectivity index is 2.80. The molecule has 0 aromatic rings. The average Bonchev–Trinajstić information content (AvgIpc) is 2.10. The summed E-state index contributed by atoms with van der Waals surface area (Å²) >= 11 is 0. The Morgan fingerprint density at radius 1 is 1.56 bits per heavy atom. The molecule has 3 nitrogen and oxygen atoms in total. The molecule has 0 atom stereocenters. The van der Waals surface area contributed by atoms with Gasteiger partial charge in [0.2, 0.25) is 0 Å². The van der Waals surface area contributed by atoms with E-state index in [2.05, 4.69) is 5.32 Å². The highest BCUT2D eigenvalue weighted by Crippen LogP contribution is 2.06. The molecule has 0 bridgehead atoms. The summed E-state index contributed by atoms with van der Waals surface area (Å²) in [5, 5.41) is 3.17. The van der Waals surface area contributed by atoms with Gasteiger partial charge in [-0.3, -0.25) is 9.59 Å². The number of hydrogen-bond acceptors (Lipinski definition) is 2. The second-order valence-corrected chi connectivity index (χ2v) is 1.78. The summed E-state index contributed by atoms with van der Waals surface area (Å²) in [4.78, 5) is 20.9. The van der Waals surface area contributed by atoms with Crippen LogP contribution in [-0.2, 0) is 9.59 Å². The molecule has 3 heteroatoms. The lowest BCUT2D eigenvalue weighted by atomic mass is 10.2. The lowest BCUT2D eigenvalue weighted by Crippen LogP contribution is -2.13. The van der Waals surface area contributed by atoms with E-state index in [1.54, 1.807) is 0 Å². The van der Waals surface area contributed by atoms with Gasteiger partial charge in [0.15, 0.2) is 0 Å². The summed E-state index contributed by atoms with van der Waals surface area (Å²) in [7, 11) is 0. The minimum absolute atomic E-state index is 0.373. The van der Waals surface area contributed by atoms with Crippen molar-refractivity contribution in [1.29, 1.82) is 0 Å². The molecule has 0 aliphatic carbocycles. The zero-order valence-electron chi connectivity index (χ0n) is 5.05. The molecule has 0 saturated carbocycles. The third-order valence-electron chi connectivity index (χ3n) is 1.17. The highest BCUT2D eigenvalue weighted by Gasteiger charge is 2.20. The van der Waals surface area contributed by atoms with Crippen LogP contribution < -0.4 is 5.32 Å². The Morgan fingerprint density at radius 2 is 2.22 bits per heavy atom. The van der Waals surface area contributed by atoms with E-state index in [1.165, 1.54) is 6.08 Å². The number of hydrogen-bond donors (Lipinski definition) is 0. The molecule has 0 fully saturated rings. The summed E-state index contributed by atoms with van der Waals surface area (Å²) in [5.41, 5.74) is 0.514. The first-order valence-corrected chi connectivity index (χ1v) is 2.74. The van der Waals surface area contributed by atoms with Gasteiger partial charge in [0.1, 0.15) is 0 Å². The molecule has 0 aromatic carbocycles. The van der Waals surface area contributed by atoms with E-state index >= 15 is 0 Å². The minimum Gasteiger partial charge on any atom is -0.267 e. The summed E-state index contributed by atoms with van der Waals surface area (Å²) in [6.45, 7) is 1.82. The number of rotatable bonds is 1. The van der Waals surface area contributed by atoms with Crippen molar-refractivity contribution in [1.82, 2.24) is 5.32 Å². The molecule has 1 aliphatic heterocycles. The van der Waals surface area contributed by atoms with E-state index in [4.69, 9.17) is 0 Å². The SMILES string of the molecule is CCC1=CC(=O)[N]C1=O. The Kier molecular flexibility index (Phi) is 1.34. The maximum atomic E-state index is 10.6. The Labute approximate surface area is 52.7 Å². The molecular weight excluding hydrogens is 118 g/mol. The summed E-state index contributed by atoms with van der Waals surface area (Å²) in [6, 6.07) is 0. The Bertz CT molecular complexity index is 193. The molecule has 2 amide bonds. The molecular formula is C6H6NO2. The molecule has 1 heterocycles. The van der Waals surface area contributed by atoms with Crippen LogP contribution in [0.5, 0.6) is 0 Å². The summed E-state index contributed by atoms with van der Waals surface area (Å²) in [6.07, 6.45) is 1.87. The van der Waals surface area contributed by atoms with Crippen LogP contribution in [0.15, 0.2) is 11.6 Å².